The number of anilines is 1. The first-order valence-electron chi connectivity index (χ1n) is 5.28. The molecule has 82 valence electrons. The maximum Gasteiger partial charge on any atom is 0.179 e. The number of para-hydroxylation sites is 1. The SMILES string of the molecule is Nc1ccccc1C(=O)C1C=CCCC1=O. The average molecular weight is 215 g/mol. The van der Waals surface area contributed by atoms with Crippen molar-refractivity contribution in [2.45, 2.75) is 12.8 Å². The maximum absolute atomic E-state index is 12.1. The zero-order valence-corrected chi connectivity index (χ0v) is 8.85. The van der Waals surface area contributed by atoms with Gasteiger partial charge in [-0.1, -0.05) is 24.3 Å². The van der Waals surface area contributed by atoms with E-state index in [1.165, 1.54) is 0 Å². The monoisotopic (exact) mass is 215 g/mol. The van der Waals surface area contributed by atoms with Gasteiger partial charge in [-0.3, -0.25) is 9.59 Å². The van der Waals surface area contributed by atoms with Gasteiger partial charge >= 0.3 is 0 Å². The summed E-state index contributed by atoms with van der Waals surface area (Å²) in [5.74, 6) is -0.853. The van der Waals surface area contributed by atoms with Crippen LogP contribution in [0.5, 0.6) is 0 Å². The zero-order chi connectivity index (χ0) is 11.5. The van der Waals surface area contributed by atoms with Crippen molar-refractivity contribution >= 4 is 17.3 Å². The highest BCUT2D eigenvalue weighted by Gasteiger charge is 2.27. The van der Waals surface area contributed by atoms with E-state index in [2.05, 4.69) is 0 Å². The third kappa shape index (κ3) is 1.89. The number of nitrogen functional groups attached to an aromatic ring is 1. The highest BCUT2D eigenvalue weighted by Crippen LogP contribution is 2.21. The smallest absolute Gasteiger partial charge is 0.179 e. The van der Waals surface area contributed by atoms with Crippen molar-refractivity contribution in [1.29, 1.82) is 0 Å². The van der Waals surface area contributed by atoms with Gasteiger partial charge in [-0.2, -0.15) is 0 Å². The lowest BCUT2D eigenvalue weighted by atomic mass is 9.87. The lowest BCUT2D eigenvalue weighted by molar-refractivity contribution is -0.120. The van der Waals surface area contributed by atoms with Gasteiger partial charge in [0.25, 0.3) is 0 Å². The van der Waals surface area contributed by atoms with E-state index < -0.39 is 5.92 Å². The minimum atomic E-state index is -0.640. The molecule has 0 spiro atoms. The molecule has 0 amide bonds. The van der Waals surface area contributed by atoms with E-state index in [9.17, 15) is 9.59 Å². The summed E-state index contributed by atoms with van der Waals surface area (Å²) in [6.45, 7) is 0. The van der Waals surface area contributed by atoms with Crippen molar-refractivity contribution < 1.29 is 9.59 Å². The first kappa shape index (κ1) is 10.6. The maximum atomic E-state index is 12.1. The molecule has 0 saturated carbocycles. The van der Waals surface area contributed by atoms with E-state index in [0.29, 0.717) is 17.7 Å². The Morgan fingerprint density at radius 1 is 1.31 bits per heavy atom. The molecule has 1 unspecified atom stereocenters. The van der Waals surface area contributed by atoms with E-state index in [1.54, 1.807) is 30.3 Å². The van der Waals surface area contributed by atoms with Crippen LogP contribution < -0.4 is 5.73 Å². The number of Topliss-reactive ketones (excluding diaryl/α,β-unsaturated/α-hetero) is 2. The van der Waals surface area contributed by atoms with Crippen LogP contribution in [-0.4, -0.2) is 11.6 Å². The quantitative estimate of drug-likeness (QED) is 0.355. The fraction of sp³-hybridized carbons (Fsp3) is 0.231. The molecular weight excluding hydrogens is 202 g/mol. The van der Waals surface area contributed by atoms with Gasteiger partial charge in [-0.15, -0.1) is 0 Å². The second-order valence-corrected chi connectivity index (χ2v) is 3.86. The molecule has 1 aliphatic rings. The largest absolute Gasteiger partial charge is 0.398 e. The third-order valence-corrected chi connectivity index (χ3v) is 2.74. The van der Waals surface area contributed by atoms with Crippen molar-refractivity contribution in [3.8, 4) is 0 Å². The summed E-state index contributed by atoms with van der Waals surface area (Å²) in [5, 5.41) is 0. The van der Waals surface area contributed by atoms with Crippen LogP contribution in [0.1, 0.15) is 23.2 Å². The number of hydrogen-bond donors (Lipinski definition) is 1. The Kier molecular flexibility index (Phi) is 2.86. The number of carbonyl (C=O) groups excluding carboxylic acids is 2. The normalized spacial score (nSPS) is 19.8. The Morgan fingerprint density at radius 3 is 2.75 bits per heavy atom. The summed E-state index contributed by atoms with van der Waals surface area (Å²) in [5.41, 5.74) is 6.58. The number of rotatable bonds is 2. The van der Waals surface area contributed by atoms with Gasteiger partial charge in [0.1, 0.15) is 5.78 Å². The molecule has 16 heavy (non-hydrogen) atoms. The summed E-state index contributed by atoms with van der Waals surface area (Å²) < 4.78 is 0. The van der Waals surface area contributed by atoms with Crippen molar-refractivity contribution in [3.63, 3.8) is 0 Å². The van der Waals surface area contributed by atoms with Crippen molar-refractivity contribution in [2.24, 2.45) is 5.92 Å². The van der Waals surface area contributed by atoms with Crippen LogP contribution >= 0.6 is 0 Å². The molecule has 2 rings (SSSR count). The van der Waals surface area contributed by atoms with Crippen LogP contribution in [-0.2, 0) is 4.79 Å². The number of allylic oxidation sites excluding steroid dienone is 2. The number of carbonyl (C=O) groups is 2. The third-order valence-electron chi connectivity index (χ3n) is 2.74. The van der Waals surface area contributed by atoms with Crippen molar-refractivity contribution in [3.05, 3.63) is 42.0 Å². The first-order chi connectivity index (χ1) is 7.70. The minimum Gasteiger partial charge on any atom is -0.398 e. The summed E-state index contributed by atoms with van der Waals surface area (Å²) >= 11 is 0. The molecule has 0 aliphatic heterocycles. The van der Waals surface area contributed by atoms with Crippen molar-refractivity contribution in [1.82, 2.24) is 0 Å². The summed E-state index contributed by atoms with van der Waals surface area (Å²) in [7, 11) is 0. The fourth-order valence-corrected chi connectivity index (χ4v) is 1.84. The average Bonchev–Trinajstić information content (AvgIpc) is 2.29. The Balaban J connectivity index is 2.32. The van der Waals surface area contributed by atoms with Gasteiger partial charge in [0.05, 0.1) is 5.92 Å². The molecule has 0 heterocycles. The molecular formula is C13H13NO2. The standard InChI is InChI=1S/C13H13NO2/c14-11-7-3-1-5-9(11)13(16)10-6-2-4-8-12(10)15/h1-3,5-7,10H,4,8,14H2. The molecule has 0 radical (unpaired) electrons. The molecule has 0 fully saturated rings. The molecule has 1 aromatic rings. The van der Waals surface area contributed by atoms with Gasteiger partial charge < -0.3 is 5.73 Å². The number of hydrogen-bond acceptors (Lipinski definition) is 3. The second kappa shape index (κ2) is 4.31. The Morgan fingerprint density at radius 2 is 2.06 bits per heavy atom. The van der Waals surface area contributed by atoms with Crippen LogP contribution in [0.15, 0.2) is 36.4 Å². The van der Waals surface area contributed by atoms with Crippen LogP contribution in [0, 0.1) is 5.92 Å². The van der Waals surface area contributed by atoms with E-state index >= 15 is 0 Å². The van der Waals surface area contributed by atoms with E-state index in [0.717, 1.165) is 6.42 Å². The van der Waals surface area contributed by atoms with Crippen LogP contribution in [0.2, 0.25) is 0 Å². The lowest BCUT2D eigenvalue weighted by Gasteiger charge is -2.14. The van der Waals surface area contributed by atoms with Gasteiger partial charge in [-0.05, 0) is 18.6 Å². The molecule has 3 heteroatoms. The predicted octanol–water partition coefficient (Wildman–Crippen LogP) is 1.99. The van der Waals surface area contributed by atoms with Gasteiger partial charge in [-0.25, -0.2) is 0 Å². The number of nitrogens with two attached hydrogens (primary N) is 1. The Hall–Kier alpha value is -1.90. The molecule has 1 aromatic carbocycles. The molecule has 1 atom stereocenters. The van der Waals surface area contributed by atoms with E-state index in [-0.39, 0.29) is 11.6 Å². The topological polar surface area (TPSA) is 60.2 Å². The Bertz CT molecular complexity index is 463. The van der Waals surface area contributed by atoms with Gasteiger partial charge in [0.15, 0.2) is 5.78 Å². The molecule has 3 nitrogen and oxygen atoms in total. The van der Waals surface area contributed by atoms with Crippen LogP contribution in [0.4, 0.5) is 5.69 Å². The number of benzene rings is 1. The van der Waals surface area contributed by atoms with Crippen molar-refractivity contribution in [2.75, 3.05) is 5.73 Å². The second-order valence-electron chi connectivity index (χ2n) is 3.86. The molecule has 2 N–H and O–H groups in total. The first-order valence-corrected chi connectivity index (χ1v) is 5.28. The minimum absolute atomic E-state index is 0.0178. The summed E-state index contributed by atoms with van der Waals surface area (Å²) in [4.78, 5) is 23.7. The predicted molar refractivity (Wildman–Crippen MR) is 62.1 cm³/mol. The number of ketones is 2. The fourth-order valence-electron chi connectivity index (χ4n) is 1.84. The Labute approximate surface area is 94.0 Å². The van der Waals surface area contributed by atoms with Gasteiger partial charge in [0, 0.05) is 17.7 Å². The highest BCUT2D eigenvalue weighted by atomic mass is 16.1. The molecule has 0 bridgehead atoms. The highest BCUT2D eigenvalue weighted by molar-refractivity contribution is 6.14. The molecule has 1 aliphatic carbocycles. The van der Waals surface area contributed by atoms with Crippen LogP contribution in [0.3, 0.4) is 0 Å². The molecule has 0 saturated heterocycles. The van der Waals surface area contributed by atoms with Gasteiger partial charge in [0.2, 0.25) is 0 Å². The summed E-state index contributed by atoms with van der Waals surface area (Å²) in [6.07, 6.45) is 4.73. The summed E-state index contributed by atoms with van der Waals surface area (Å²) in [6, 6.07) is 6.85. The van der Waals surface area contributed by atoms with Crippen LogP contribution in [0.25, 0.3) is 0 Å². The van der Waals surface area contributed by atoms with E-state index in [1.807, 2.05) is 6.08 Å². The molecule has 0 aromatic heterocycles. The lowest BCUT2D eigenvalue weighted by Crippen LogP contribution is -2.24. The van der Waals surface area contributed by atoms with E-state index in [4.69, 9.17) is 5.73 Å². The zero-order valence-electron chi connectivity index (χ0n) is 8.85.